The first-order chi connectivity index (χ1) is 19.7. The van der Waals surface area contributed by atoms with Gasteiger partial charge < -0.3 is 9.13 Å². The molecule has 0 N–H and O–H groups in total. The summed E-state index contributed by atoms with van der Waals surface area (Å²) in [5.74, 6) is 0. The van der Waals surface area contributed by atoms with Crippen molar-refractivity contribution in [2.45, 2.75) is 12.8 Å². The van der Waals surface area contributed by atoms with Crippen molar-refractivity contribution in [3.63, 3.8) is 0 Å². The lowest BCUT2D eigenvalue weighted by Crippen LogP contribution is -2.01. The van der Waals surface area contributed by atoms with E-state index in [0.29, 0.717) is 11.1 Å². The monoisotopic (exact) mass is 512 g/mol. The minimum absolute atomic E-state index is 0.641. The number of aromatic nitrogens is 2. The molecule has 0 spiro atoms. The number of hydrogen-bond donors (Lipinski definition) is 0. The van der Waals surface area contributed by atoms with Crippen LogP contribution >= 0.6 is 0 Å². The Bertz CT molecular complexity index is 2040. The van der Waals surface area contributed by atoms with Gasteiger partial charge in [-0.25, -0.2) is 0 Å². The fourth-order valence-corrected chi connectivity index (χ4v) is 5.71. The molecule has 4 nitrogen and oxygen atoms in total. The van der Waals surface area contributed by atoms with Crippen LogP contribution in [-0.4, -0.2) is 9.13 Å². The highest BCUT2D eigenvalue weighted by atomic mass is 15.0. The van der Waals surface area contributed by atoms with E-state index in [1.54, 1.807) is 0 Å². The number of nitriles is 2. The Morgan fingerprint density at radius 1 is 0.600 bits per heavy atom. The highest BCUT2D eigenvalue weighted by molar-refractivity contribution is 6.01. The highest BCUT2D eigenvalue weighted by Gasteiger charge is 2.19. The van der Waals surface area contributed by atoms with Gasteiger partial charge in [0.25, 0.3) is 0 Å². The maximum absolute atomic E-state index is 9.36. The SMILES string of the molecule is N#Cc1ccc(-n2c(C3=CC=CCC3)cc3cc4c(cc(-c5ccccc5)n4-c4ccc(C#N)cc4)cc32)cc1. The molecule has 2 aromatic heterocycles. The lowest BCUT2D eigenvalue weighted by molar-refractivity contribution is 1.01. The zero-order valence-electron chi connectivity index (χ0n) is 21.8. The number of hydrogen-bond acceptors (Lipinski definition) is 2. The quantitative estimate of drug-likeness (QED) is 0.237. The molecule has 4 heteroatoms. The Hall–Kier alpha value is -5.58. The summed E-state index contributed by atoms with van der Waals surface area (Å²) < 4.78 is 4.61. The van der Waals surface area contributed by atoms with Gasteiger partial charge in [-0.2, -0.15) is 10.5 Å². The summed E-state index contributed by atoms with van der Waals surface area (Å²) in [6, 6.07) is 39.6. The van der Waals surface area contributed by atoms with Crippen LogP contribution in [0.5, 0.6) is 0 Å². The molecule has 0 radical (unpaired) electrons. The van der Waals surface area contributed by atoms with E-state index in [-0.39, 0.29) is 0 Å². The van der Waals surface area contributed by atoms with E-state index >= 15 is 0 Å². The maximum atomic E-state index is 9.36. The van der Waals surface area contributed by atoms with Crippen molar-refractivity contribution in [1.82, 2.24) is 9.13 Å². The highest BCUT2D eigenvalue weighted by Crippen LogP contribution is 2.38. The summed E-state index contributed by atoms with van der Waals surface area (Å²) in [7, 11) is 0. The fraction of sp³-hybridized carbons (Fsp3) is 0.0556. The van der Waals surface area contributed by atoms with Gasteiger partial charge in [0.15, 0.2) is 0 Å². The minimum Gasteiger partial charge on any atom is -0.310 e. The molecule has 0 atom stereocenters. The first-order valence-corrected chi connectivity index (χ1v) is 13.4. The van der Waals surface area contributed by atoms with Gasteiger partial charge in [0.1, 0.15) is 0 Å². The molecule has 0 saturated heterocycles. The third-order valence-corrected chi connectivity index (χ3v) is 7.65. The molecule has 1 aliphatic carbocycles. The Labute approximate surface area is 232 Å². The molecule has 0 saturated carbocycles. The lowest BCUT2D eigenvalue weighted by atomic mass is 10.0. The second kappa shape index (κ2) is 9.62. The lowest BCUT2D eigenvalue weighted by Gasteiger charge is -2.15. The van der Waals surface area contributed by atoms with Crippen molar-refractivity contribution in [3.05, 3.63) is 138 Å². The summed E-state index contributed by atoms with van der Waals surface area (Å²) in [6.45, 7) is 0. The zero-order chi connectivity index (χ0) is 27.1. The van der Waals surface area contributed by atoms with Crippen LogP contribution in [0.25, 0.3) is 50.0 Å². The van der Waals surface area contributed by atoms with Crippen LogP contribution in [0.4, 0.5) is 0 Å². The van der Waals surface area contributed by atoms with Gasteiger partial charge in [-0.05, 0) is 96.8 Å². The molecule has 0 bridgehead atoms. The molecule has 2 heterocycles. The molecule has 0 amide bonds. The molecular formula is C36H24N4. The smallest absolute Gasteiger partial charge is 0.0991 e. The summed E-state index contributed by atoms with van der Waals surface area (Å²) >= 11 is 0. The van der Waals surface area contributed by atoms with E-state index < -0.39 is 0 Å². The van der Waals surface area contributed by atoms with Crippen molar-refractivity contribution in [2.75, 3.05) is 0 Å². The van der Waals surface area contributed by atoms with Crippen LogP contribution in [-0.2, 0) is 0 Å². The van der Waals surface area contributed by atoms with E-state index in [9.17, 15) is 10.5 Å². The Morgan fingerprint density at radius 3 is 1.68 bits per heavy atom. The van der Waals surface area contributed by atoms with Crippen molar-refractivity contribution in [2.24, 2.45) is 0 Å². The van der Waals surface area contributed by atoms with Crippen LogP contribution < -0.4 is 0 Å². The Kier molecular flexibility index (Phi) is 5.66. The van der Waals surface area contributed by atoms with E-state index in [1.165, 1.54) is 11.3 Å². The normalized spacial score (nSPS) is 12.8. The molecule has 188 valence electrons. The second-order valence-corrected chi connectivity index (χ2v) is 10.0. The van der Waals surface area contributed by atoms with E-state index in [0.717, 1.165) is 57.3 Å². The molecule has 0 unspecified atom stereocenters. The number of benzene rings is 4. The van der Waals surface area contributed by atoms with Crippen LogP contribution in [0.3, 0.4) is 0 Å². The second-order valence-electron chi connectivity index (χ2n) is 10.0. The van der Waals surface area contributed by atoms with E-state index in [1.807, 2.05) is 54.6 Å². The van der Waals surface area contributed by atoms with Gasteiger partial charge in [-0.3, -0.25) is 0 Å². The molecule has 0 fully saturated rings. The van der Waals surface area contributed by atoms with Gasteiger partial charge in [-0.15, -0.1) is 0 Å². The molecule has 4 aromatic carbocycles. The third kappa shape index (κ3) is 3.91. The topological polar surface area (TPSA) is 57.4 Å². The summed E-state index contributed by atoms with van der Waals surface area (Å²) in [4.78, 5) is 0. The van der Waals surface area contributed by atoms with E-state index in [2.05, 4.69) is 88.0 Å². The fourth-order valence-electron chi connectivity index (χ4n) is 5.71. The van der Waals surface area contributed by atoms with Crippen molar-refractivity contribution in [1.29, 1.82) is 10.5 Å². The maximum Gasteiger partial charge on any atom is 0.0991 e. The predicted molar refractivity (Wildman–Crippen MR) is 161 cm³/mol. The molecular weight excluding hydrogens is 488 g/mol. The number of nitrogens with zero attached hydrogens (tertiary/aromatic N) is 4. The molecule has 0 aliphatic heterocycles. The van der Waals surface area contributed by atoms with Gasteiger partial charge >= 0.3 is 0 Å². The van der Waals surface area contributed by atoms with Crippen LogP contribution in [0.2, 0.25) is 0 Å². The summed E-state index contributed by atoms with van der Waals surface area (Å²) in [6.07, 6.45) is 8.56. The molecule has 6 aromatic rings. The average molecular weight is 513 g/mol. The van der Waals surface area contributed by atoms with Crippen molar-refractivity contribution in [3.8, 4) is 34.8 Å². The Balaban J connectivity index is 1.52. The summed E-state index contributed by atoms with van der Waals surface area (Å²) in [5.41, 5.74) is 10.3. The van der Waals surface area contributed by atoms with Gasteiger partial charge in [0, 0.05) is 22.1 Å². The number of allylic oxidation sites excluding steroid dienone is 4. The zero-order valence-corrected chi connectivity index (χ0v) is 21.8. The molecule has 7 rings (SSSR count). The minimum atomic E-state index is 0.641. The van der Waals surface area contributed by atoms with Crippen LogP contribution in [0.1, 0.15) is 29.7 Å². The van der Waals surface area contributed by atoms with Crippen LogP contribution in [0.15, 0.2) is 121 Å². The number of fused-ring (bicyclic) bond motifs is 2. The largest absolute Gasteiger partial charge is 0.310 e. The first-order valence-electron chi connectivity index (χ1n) is 13.4. The van der Waals surface area contributed by atoms with Crippen molar-refractivity contribution >= 4 is 27.4 Å². The van der Waals surface area contributed by atoms with Gasteiger partial charge in [0.2, 0.25) is 0 Å². The molecule has 40 heavy (non-hydrogen) atoms. The predicted octanol–water partition coefficient (Wildman–Crippen LogP) is 8.72. The molecule has 1 aliphatic rings. The average Bonchev–Trinajstić information content (AvgIpc) is 3.59. The summed E-state index contributed by atoms with van der Waals surface area (Å²) in [5, 5.41) is 21.0. The Morgan fingerprint density at radius 2 is 1.15 bits per heavy atom. The van der Waals surface area contributed by atoms with E-state index in [4.69, 9.17) is 0 Å². The van der Waals surface area contributed by atoms with Crippen LogP contribution in [0, 0.1) is 22.7 Å². The van der Waals surface area contributed by atoms with Crippen molar-refractivity contribution < 1.29 is 0 Å². The van der Waals surface area contributed by atoms with Gasteiger partial charge in [-0.1, -0.05) is 48.6 Å². The third-order valence-electron chi connectivity index (χ3n) is 7.65. The first kappa shape index (κ1) is 23.5. The number of rotatable bonds is 4. The standard InChI is InChI=1S/C36H24N4/c37-23-25-11-15-31(16-12-25)39-33(27-7-3-1-4-8-27)19-29-21-36-30(22-35(29)39)20-34(28-9-5-2-6-10-28)40(36)32-17-13-26(24-38)14-18-32/h1-5,7-9,11-22H,6,10H2. The van der Waals surface area contributed by atoms with Gasteiger partial charge in [0.05, 0.1) is 45.7 Å².